The van der Waals surface area contributed by atoms with E-state index >= 15 is 0 Å². The van der Waals surface area contributed by atoms with Crippen molar-refractivity contribution in [1.29, 1.82) is 0 Å². The Balaban J connectivity index is 2.54. The van der Waals surface area contributed by atoms with Crippen molar-refractivity contribution in [3.63, 3.8) is 0 Å². The lowest BCUT2D eigenvalue weighted by Crippen LogP contribution is -2.40. The molecule has 6 heteroatoms. The summed E-state index contributed by atoms with van der Waals surface area (Å²) >= 11 is 0. The van der Waals surface area contributed by atoms with Gasteiger partial charge in [0.15, 0.2) is 0 Å². The van der Waals surface area contributed by atoms with E-state index in [-0.39, 0.29) is 17.8 Å². The molecule has 0 radical (unpaired) electrons. The van der Waals surface area contributed by atoms with Crippen LogP contribution in [0.3, 0.4) is 0 Å². The topological polar surface area (TPSA) is 59.1 Å². The van der Waals surface area contributed by atoms with Gasteiger partial charge in [0.1, 0.15) is 0 Å². The molecular weight excluding hydrogens is 296 g/mol. The van der Waals surface area contributed by atoms with Crippen LogP contribution in [0.15, 0.2) is 11.6 Å². The van der Waals surface area contributed by atoms with Gasteiger partial charge in [-0.15, -0.1) is 0 Å². The van der Waals surface area contributed by atoms with Gasteiger partial charge in [-0.3, -0.25) is 14.5 Å². The van der Waals surface area contributed by atoms with Crippen LogP contribution < -0.4 is 0 Å². The molecule has 0 bridgehead atoms. The summed E-state index contributed by atoms with van der Waals surface area (Å²) in [5.41, 5.74) is 0.957. The van der Waals surface area contributed by atoms with Crippen molar-refractivity contribution in [1.82, 2.24) is 9.80 Å². The average Bonchev–Trinajstić information content (AvgIpc) is 2.53. The number of rotatable bonds is 8. The zero-order chi connectivity index (χ0) is 17.2. The fourth-order valence-electron chi connectivity index (χ4n) is 2.55. The van der Waals surface area contributed by atoms with Crippen molar-refractivity contribution in [3.8, 4) is 0 Å². The SMILES string of the molecule is COC(=O)C(C)CN(CCCN1CCOCC1)C(=O)C=C(C)C. The van der Waals surface area contributed by atoms with Gasteiger partial charge in [-0.1, -0.05) is 12.5 Å². The summed E-state index contributed by atoms with van der Waals surface area (Å²) < 4.78 is 10.1. The molecule has 1 aliphatic heterocycles. The van der Waals surface area contributed by atoms with Crippen LogP contribution in [-0.4, -0.2) is 74.7 Å². The number of carbonyl (C=O) groups excluding carboxylic acids is 2. The predicted octanol–water partition coefficient (Wildman–Crippen LogP) is 1.31. The molecule has 1 atom stereocenters. The summed E-state index contributed by atoms with van der Waals surface area (Å²) in [5, 5.41) is 0. The number of allylic oxidation sites excluding steroid dienone is 1. The van der Waals surface area contributed by atoms with Crippen molar-refractivity contribution in [2.24, 2.45) is 5.92 Å². The molecule has 6 nitrogen and oxygen atoms in total. The van der Waals surface area contributed by atoms with Gasteiger partial charge in [-0.25, -0.2) is 0 Å². The highest BCUT2D eigenvalue weighted by Crippen LogP contribution is 2.07. The molecule has 1 fully saturated rings. The summed E-state index contributed by atoms with van der Waals surface area (Å²) in [7, 11) is 1.37. The first-order valence-electron chi connectivity index (χ1n) is 8.25. The lowest BCUT2D eigenvalue weighted by atomic mass is 10.1. The van der Waals surface area contributed by atoms with Crippen LogP contribution in [-0.2, 0) is 19.1 Å². The van der Waals surface area contributed by atoms with E-state index < -0.39 is 0 Å². The number of nitrogens with zero attached hydrogens (tertiary/aromatic N) is 2. The second-order valence-electron chi connectivity index (χ2n) is 6.24. The van der Waals surface area contributed by atoms with E-state index in [2.05, 4.69) is 4.90 Å². The van der Waals surface area contributed by atoms with Gasteiger partial charge in [0, 0.05) is 38.8 Å². The van der Waals surface area contributed by atoms with Crippen LogP contribution in [0.5, 0.6) is 0 Å². The van der Waals surface area contributed by atoms with E-state index in [9.17, 15) is 9.59 Å². The van der Waals surface area contributed by atoms with Crippen molar-refractivity contribution in [2.75, 3.05) is 53.0 Å². The second kappa shape index (κ2) is 10.4. The summed E-state index contributed by atoms with van der Waals surface area (Å²) in [4.78, 5) is 28.1. The highest BCUT2D eigenvalue weighted by atomic mass is 16.5. The van der Waals surface area contributed by atoms with Crippen molar-refractivity contribution in [2.45, 2.75) is 27.2 Å². The van der Waals surface area contributed by atoms with E-state index in [0.717, 1.165) is 44.8 Å². The van der Waals surface area contributed by atoms with Crippen molar-refractivity contribution in [3.05, 3.63) is 11.6 Å². The largest absolute Gasteiger partial charge is 0.469 e. The van der Waals surface area contributed by atoms with Crippen LogP contribution in [0.25, 0.3) is 0 Å². The zero-order valence-corrected chi connectivity index (χ0v) is 14.8. The summed E-state index contributed by atoms with van der Waals surface area (Å²) in [5.74, 6) is -0.645. The number of hydrogen-bond acceptors (Lipinski definition) is 5. The Morgan fingerprint density at radius 2 is 1.96 bits per heavy atom. The standard InChI is InChI=1S/C17H30N2O4/c1-14(2)12-16(20)19(13-15(3)17(21)22-4)7-5-6-18-8-10-23-11-9-18/h12,15H,5-11,13H2,1-4H3. The maximum Gasteiger partial charge on any atom is 0.310 e. The molecule has 0 saturated carbocycles. The third kappa shape index (κ3) is 7.61. The Kier molecular flexibility index (Phi) is 8.87. The molecule has 0 aliphatic carbocycles. The van der Waals surface area contributed by atoms with Gasteiger partial charge in [-0.2, -0.15) is 0 Å². The molecule has 132 valence electrons. The number of esters is 1. The molecule has 1 heterocycles. The van der Waals surface area contributed by atoms with E-state index in [1.165, 1.54) is 7.11 Å². The van der Waals surface area contributed by atoms with Crippen LogP contribution in [0, 0.1) is 5.92 Å². The number of morpholine rings is 1. The molecule has 1 unspecified atom stereocenters. The maximum atomic E-state index is 12.3. The summed E-state index contributed by atoms with van der Waals surface area (Å²) in [6.07, 6.45) is 2.51. The Hall–Kier alpha value is -1.40. The molecule has 1 saturated heterocycles. The first-order chi connectivity index (χ1) is 10.9. The molecule has 0 aromatic carbocycles. The van der Waals surface area contributed by atoms with Gasteiger partial charge in [-0.05, 0) is 20.3 Å². The molecule has 0 N–H and O–H groups in total. The minimum Gasteiger partial charge on any atom is -0.469 e. The van der Waals surface area contributed by atoms with Crippen LogP contribution >= 0.6 is 0 Å². The first kappa shape index (κ1) is 19.6. The highest BCUT2D eigenvalue weighted by Gasteiger charge is 2.20. The number of carbonyl (C=O) groups is 2. The molecular formula is C17H30N2O4. The van der Waals surface area contributed by atoms with Crippen LogP contribution in [0.2, 0.25) is 0 Å². The zero-order valence-electron chi connectivity index (χ0n) is 14.8. The van der Waals surface area contributed by atoms with Gasteiger partial charge in [0.25, 0.3) is 0 Å². The molecule has 0 aromatic rings. The van der Waals surface area contributed by atoms with Gasteiger partial charge in [0.2, 0.25) is 5.91 Å². The second-order valence-corrected chi connectivity index (χ2v) is 6.24. The monoisotopic (exact) mass is 326 g/mol. The smallest absolute Gasteiger partial charge is 0.310 e. The van der Waals surface area contributed by atoms with Crippen molar-refractivity contribution >= 4 is 11.9 Å². The average molecular weight is 326 g/mol. The lowest BCUT2D eigenvalue weighted by molar-refractivity contribution is -0.146. The number of methoxy groups -OCH3 is 1. The maximum absolute atomic E-state index is 12.3. The van der Waals surface area contributed by atoms with Crippen LogP contribution in [0.4, 0.5) is 0 Å². The quantitative estimate of drug-likeness (QED) is 0.497. The third-order valence-electron chi connectivity index (χ3n) is 3.83. The van der Waals surface area contributed by atoms with E-state index in [4.69, 9.17) is 9.47 Å². The summed E-state index contributed by atoms with van der Waals surface area (Å²) in [6, 6.07) is 0. The molecule has 23 heavy (non-hydrogen) atoms. The normalized spacial score (nSPS) is 16.5. The predicted molar refractivity (Wildman–Crippen MR) is 89.1 cm³/mol. The Labute approximate surface area is 139 Å². The molecule has 1 rings (SSSR count). The number of amides is 1. The van der Waals surface area contributed by atoms with Crippen LogP contribution in [0.1, 0.15) is 27.2 Å². The van der Waals surface area contributed by atoms with Gasteiger partial charge >= 0.3 is 5.97 Å². The number of hydrogen-bond donors (Lipinski definition) is 0. The Morgan fingerprint density at radius 1 is 1.30 bits per heavy atom. The van der Waals surface area contributed by atoms with Gasteiger partial charge < -0.3 is 14.4 Å². The van der Waals surface area contributed by atoms with E-state index in [1.54, 1.807) is 17.9 Å². The number of ether oxygens (including phenoxy) is 2. The molecule has 0 aromatic heterocycles. The fourth-order valence-corrected chi connectivity index (χ4v) is 2.55. The minimum absolute atomic E-state index is 0.0391. The molecule has 1 amide bonds. The Morgan fingerprint density at radius 3 is 2.52 bits per heavy atom. The first-order valence-corrected chi connectivity index (χ1v) is 8.25. The van der Waals surface area contributed by atoms with Gasteiger partial charge in [0.05, 0.1) is 26.2 Å². The summed E-state index contributed by atoms with van der Waals surface area (Å²) in [6.45, 7) is 11.0. The minimum atomic E-state index is -0.321. The van der Waals surface area contributed by atoms with E-state index in [1.807, 2.05) is 13.8 Å². The third-order valence-corrected chi connectivity index (χ3v) is 3.83. The Bertz CT molecular complexity index is 413. The van der Waals surface area contributed by atoms with E-state index in [0.29, 0.717) is 13.1 Å². The fraction of sp³-hybridized carbons (Fsp3) is 0.765. The highest BCUT2D eigenvalue weighted by molar-refractivity contribution is 5.88. The van der Waals surface area contributed by atoms with Crippen molar-refractivity contribution < 1.29 is 19.1 Å². The molecule has 1 aliphatic rings. The lowest BCUT2D eigenvalue weighted by Gasteiger charge is -2.28. The molecule has 0 spiro atoms.